The summed E-state index contributed by atoms with van der Waals surface area (Å²) in [6.07, 6.45) is 6.79. The van der Waals surface area contributed by atoms with Crippen LogP contribution in [0.1, 0.15) is 36.0 Å². The monoisotopic (exact) mass is 416 g/mol. The van der Waals surface area contributed by atoms with E-state index in [0.29, 0.717) is 11.3 Å². The second-order valence-electron chi connectivity index (χ2n) is 6.89. The van der Waals surface area contributed by atoms with Gasteiger partial charge in [-0.25, -0.2) is 13.1 Å². The lowest BCUT2D eigenvalue weighted by atomic mass is 10.1. The average molecular weight is 417 g/mol. The lowest BCUT2D eigenvalue weighted by Crippen LogP contribution is -2.34. The van der Waals surface area contributed by atoms with Gasteiger partial charge in [-0.15, -0.1) is 0 Å². The standard InChI is InChI=1S/C20H24N4O4S/c25-19(22-12-13-23-29(27,28)18-6-3-11-21-14-18)16-7-9-17(10-8-16)24-20(26)15-4-1-2-5-15/h3,6-11,14-15,23H,1-2,4-5,12-13H2,(H,22,25)(H,24,26). The number of benzene rings is 1. The minimum Gasteiger partial charge on any atom is -0.351 e. The van der Waals surface area contributed by atoms with Crippen LogP contribution in [-0.2, 0) is 14.8 Å². The van der Waals surface area contributed by atoms with Crippen molar-refractivity contribution in [1.29, 1.82) is 0 Å². The lowest BCUT2D eigenvalue weighted by Gasteiger charge is -2.11. The highest BCUT2D eigenvalue weighted by molar-refractivity contribution is 7.89. The molecule has 1 aliphatic rings. The van der Waals surface area contributed by atoms with Crippen LogP contribution in [0.5, 0.6) is 0 Å². The first-order valence-electron chi connectivity index (χ1n) is 9.54. The summed E-state index contributed by atoms with van der Waals surface area (Å²) in [5.74, 6) is -0.215. The molecule has 154 valence electrons. The van der Waals surface area contributed by atoms with E-state index in [1.54, 1.807) is 24.3 Å². The fourth-order valence-corrected chi connectivity index (χ4v) is 4.18. The number of pyridine rings is 1. The first kappa shape index (κ1) is 20.9. The van der Waals surface area contributed by atoms with E-state index in [0.717, 1.165) is 25.7 Å². The van der Waals surface area contributed by atoms with Crippen LogP contribution in [0.15, 0.2) is 53.7 Å². The van der Waals surface area contributed by atoms with E-state index in [1.807, 2.05) is 0 Å². The number of sulfonamides is 1. The fraction of sp³-hybridized carbons (Fsp3) is 0.350. The van der Waals surface area contributed by atoms with Crippen molar-refractivity contribution >= 4 is 27.5 Å². The van der Waals surface area contributed by atoms with Crippen LogP contribution in [0.2, 0.25) is 0 Å². The Bertz CT molecular complexity index is 940. The molecule has 3 N–H and O–H groups in total. The van der Waals surface area contributed by atoms with Gasteiger partial charge >= 0.3 is 0 Å². The summed E-state index contributed by atoms with van der Waals surface area (Å²) in [6, 6.07) is 9.61. The molecule has 3 rings (SSSR count). The fourth-order valence-electron chi connectivity index (χ4n) is 3.19. The van der Waals surface area contributed by atoms with E-state index in [2.05, 4.69) is 20.3 Å². The summed E-state index contributed by atoms with van der Waals surface area (Å²) in [7, 11) is -3.65. The van der Waals surface area contributed by atoms with Gasteiger partial charge < -0.3 is 10.6 Å². The van der Waals surface area contributed by atoms with Gasteiger partial charge in [0.05, 0.1) is 0 Å². The van der Waals surface area contributed by atoms with Crippen LogP contribution in [0.4, 0.5) is 5.69 Å². The third kappa shape index (κ3) is 5.85. The zero-order valence-electron chi connectivity index (χ0n) is 15.9. The smallest absolute Gasteiger partial charge is 0.251 e. The molecule has 1 heterocycles. The molecule has 1 aromatic carbocycles. The molecule has 2 aromatic rings. The van der Waals surface area contributed by atoms with Gasteiger partial charge in [0.2, 0.25) is 15.9 Å². The van der Waals surface area contributed by atoms with Crippen molar-refractivity contribution in [3.63, 3.8) is 0 Å². The van der Waals surface area contributed by atoms with Crippen LogP contribution in [0, 0.1) is 5.92 Å². The molecule has 9 heteroatoms. The van der Waals surface area contributed by atoms with Crippen LogP contribution < -0.4 is 15.4 Å². The normalized spacial score (nSPS) is 14.5. The molecule has 2 amide bonds. The van der Waals surface area contributed by atoms with Crippen molar-refractivity contribution in [2.24, 2.45) is 5.92 Å². The highest BCUT2D eigenvalue weighted by Crippen LogP contribution is 2.26. The molecular formula is C20H24N4O4S. The molecule has 29 heavy (non-hydrogen) atoms. The Morgan fingerprint density at radius 1 is 1.03 bits per heavy atom. The predicted molar refractivity (Wildman–Crippen MR) is 109 cm³/mol. The van der Waals surface area contributed by atoms with Gasteiger partial charge in [-0.1, -0.05) is 12.8 Å². The zero-order chi connectivity index (χ0) is 20.7. The molecule has 0 unspecified atom stereocenters. The Kier molecular flexibility index (Phi) is 6.95. The molecule has 0 aliphatic heterocycles. The summed E-state index contributed by atoms with van der Waals surface area (Å²) in [5.41, 5.74) is 1.08. The summed E-state index contributed by atoms with van der Waals surface area (Å²) in [4.78, 5) is 28.2. The largest absolute Gasteiger partial charge is 0.351 e. The van der Waals surface area contributed by atoms with Crippen molar-refractivity contribution in [1.82, 2.24) is 15.0 Å². The van der Waals surface area contributed by atoms with Crippen LogP contribution in [0.3, 0.4) is 0 Å². The van der Waals surface area contributed by atoms with E-state index < -0.39 is 10.0 Å². The first-order valence-corrected chi connectivity index (χ1v) is 11.0. The van der Waals surface area contributed by atoms with Crippen molar-refractivity contribution < 1.29 is 18.0 Å². The molecule has 1 fully saturated rings. The molecule has 0 radical (unpaired) electrons. The van der Waals surface area contributed by atoms with Crippen molar-refractivity contribution in [2.75, 3.05) is 18.4 Å². The summed E-state index contributed by atoms with van der Waals surface area (Å²) < 4.78 is 26.5. The number of hydrogen-bond donors (Lipinski definition) is 3. The minimum absolute atomic E-state index is 0.0283. The molecule has 0 bridgehead atoms. The second-order valence-corrected chi connectivity index (χ2v) is 8.66. The Hall–Kier alpha value is -2.78. The summed E-state index contributed by atoms with van der Waals surface area (Å²) in [6.45, 7) is 0.191. The van der Waals surface area contributed by atoms with E-state index in [9.17, 15) is 18.0 Å². The quantitative estimate of drug-likeness (QED) is 0.569. The third-order valence-electron chi connectivity index (χ3n) is 4.79. The number of hydrogen-bond acceptors (Lipinski definition) is 5. The maximum Gasteiger partial charge on any atom is 0.251 e. The Labute approximate surface area is 170 Å². The molecular weight excluding hydrogens is 392 g/mol. The SMILES string of the molecule is O=C(NCCNS(=O)(=O)c1cccnc1)c1ccc(NC(=O)C2CCCC2)cc1. The maximum absolute atomic E-state index is 12.2. The van der Waals surface area contributed by atoms with E-state index in [4.69, 9.17) is 0 Å². The Morgan fingerprint density at radius 2 is 1.76 bits per heavy atom. The molecule has 1 saturated carbocycles. The molecule has 0 atom stereocenters. The molecule has 8 nitrogen and oxygen atoms in total. The number of rotatable bonds is 8. The Morgan fingerprint density at radius 3 is 2.41 bits per heavy atom. The number of carbonyl (C=O) groups excluding carboxylic acids is 2. The molecule has 1 aliphatic carbocycles. The number of nitrogens with one attached hydrogen (secondary N) is 3. The Balaban J connectivity index is 1.44. The number of amides is 2. The van der Waals surface area contributed by atoms with Crippen molar-refractivity contribution in [3.8, 4) is 0 Å². The van der Waals surface area contributed by atoms with Gasteiger partial charge in [-0.2, -0.15) is 0 Å². The number of anilines is 1. The van der Waals surface area contributed by atoms with Crippen molar-refractivity contribution in [3.05, 3.63) is 54.4 Å². The van der Waals surface area contributed by atoms with Crippen LogP contribution in [0.25, 0.3) is 0 Å². The van der Waals surface area contributed by atoms with E-state index >= 15 is 0 Å². The minimum atomic E-state index is -3.65. The summed E-state index contributed by atoms with van der Waals surface area (Å²) >= 11 is 0. The van der Waals surface area contributed by atoms with Gasteiger partial charge in [-0.05, 0) is 49.2 Å². The topological polar surface area (TPSA) is 117 Å². The highest BCUT2D eigenvalue weighted by atomic mass is 32.2. The highest BCUT2D eigenvalue weighted by Gasteiger charge is 2.22. The van der Waals surface area contributed by atoms with Gasteiger partial charge in [0, 0.05) is 42.7 Å². The molecule has 0 saturated heterocycles. The number of nitrogens with zero attached hydrogens (tertiary/aromatic N) is 1. The maximum atomic E-state index is 12.2. The van der Waals surface area contributed by atoms with Gasteiger partial charge in [-0.3, -0.25) is 14.6 Å². The van der Waals surface area contributed by atoms with E-state index in [1.165, 1.54) is 24.5 Å². The third-order valence-corrected chi connectivity index (χ3v) is 6.23. The predicted octanol–water partition coefficient (Wildman–Crippen LogP) is 1.92. The summed E-state index contributed by atoms with van der Waals surface area (Å²) in [5, 5.41) is 5.54. The van der Waals surface area contributed by atoms with Gasteiger partial charge in [0.15, 0.2) is 0 Å². The van der Waals surface area contributed by atoms with Crippen molar-refractivity contribution in [2.45, 2.75) is 30.6 Å². The number of carbonyl (C=O) groups is 2. The lowest BCUT2D eigenvalue weighted by molar-refractivity contribution is -0.119. The average Bonchev–Trinajstić information content (AvgIpc) is 3.27. The van der Waals surface area contributed by atoms with Crippen LogP contribution >= 0.6 is 0 Å². The molecule has 0 spiro atoms. The zero-order valence-corrected chi connectivity index (χ0v) is 16.7. The molecule has 1 aromatic heterocycles. The van der Waals surface area contributed by atoms with E-state index in [-0.39, 0.29) is 35.7 Å². The van der Waals surface area contributed by atoms with Gasteiger partial charge in [0.1, 0.15) is 4.90 Å². The first-order chi connectivity index (χ1) is 14.0. The van der Waals surface area contributed by atoms with Crippen LogP contribution in [-0.4, -0.2) is 38.3 Å². The number of aromatic nitrogens is 1. The second kappa shape index (κ2) is 9.62. The van der Waals surface area contributed by atoms with Gasteiger partial charge in [0.25, 0.3) is 5.91 Å².